The smallest absolute Gasteiger partial charge is 0.303 e. The van der Waals surface area contributed by atoms with Gasteiger partial charge in [-0.3, -0.25) is 9.59 Å². The van der Waals surface area contributed by atoms with Crippen LogP contribution in [-0.2, 0) is 9.59 Å². The molecule has 1 fully saturated rings. The minimum Gasteiger partial charge on any atom is -0.481 e. The minimum atomic E-state index is -0.820. The summed E-state index contributed by atoms with van der Waals surface area (Å²) in [7, 11) is 0. The average molecular weight is 241 g/mol. The second kappa shape index (κ2) is 7.30. The molecule has 1 rings (SSSR count). The van der Waals surface area contributed by atoms with Crippen molar-refractivity contribution in [1.29, 1.82) is 0 Å². The van der Waals surface area contributed by atoms with Gasteiger partial charge in [0.05, 0.1) is 0 Å². The number of piperidine rings is 1. The number of hydrogen-bond acceptors (Lipinski definition) is 2. The first-order chi connectivity index (χ1) is 8.13. The molecule has 0 unspecified atom stereocenters. The molecular weight excluding hydrogens is 218 g/mol. The Hall–Kier alpha value is -1.06. The Balaban J connectivity index is 2.19. The quantitative estimate of drug-likeness (QED) is 0.776. The Morgan fingerprint density at radius 3 is 2.41 bits per heavy atom. The van der Waals surface area contributed by atoms with Crippen molar-refractivity contribution >= 4 is 11.9 Å². The van der Waals surface area contributed by atoms with Crippen LogP contribution in [0.5, 0.6) is 0 Å². The molecule has 0 bridgehead atoms. The summed E-state index contributed by atoms with van der Waals surface area (Å²) in [5.41, 5.74) is 0. The van der Waals surface area contributed by atoms with Crippen LogP contribution in [0.25, 0.3) is 0 Å². The van der Waals surface area contributed by atoms with E-state index in [-0.39, 0.29) is 12.3 Å². The first kappa shape index (κ1) is 14.0. The average Bonchev–Trinajstić information content (AvgIpc) is 2.30. The van der Waals surface area contributed by atoms with Crippen LogP contribution in [-0.4, -0.2) is 35.0 Å². The molecule has 0 radical (unpaired) electrons. The van der Waals surface area contributed by atoms with Gasteiger partial charge >= 0.3 is 5.97 Å². The van der Waals surface area contributed by atoms with Gasteiger partial charge in [0.2, 0.25) is 5.91 Å². The highest BCUT2D eigenvalue weighted by molar-refractivity contribution is 5.77. The van der Waals surface area contributed by atoms with Gasteiger partial charge in [0.25, 0.3) is 0 Å². The molecule has 17 heavy (non-hydrogen) atoms. The summed E-state index contributed by atoms with van der Waals surface area (Å²) in [5.74, 6) is 0.0868. The number of hydrogen-bond donors (Lipinski definition) is 1. The molecule has 0 spiro atoms. The lowest BCUT2D eigenvalue weighted by Gasteiger charge is -2.32. The molecule has 1 saturated heterocycles. The Morgan fingerprint density at radius 1 is 1.24 bits per heavy atom. The number of aliphatic carboxylic acids is 1. The van der Waals surface area contributed by atoms with E-state index in [9.17, 15) is 9.59 Å². The topological polar surface area (TPSA) is 57.6 Å². The molecule has 1 aliphatic rings. The van der Waals surface area contributed by atoms with Gasteiger partial charge in [-0.2, -0.15) is 0 Å². The lowest BCUT2D eigenvalue weighted by Crippen LogP contribution is -2.38. The third-order valence-corrected chi connectivity index (χ3v) is 3.45. The molecule has 0 aromatic carbocycles. The standard InChI is InChI=1S/C13H23NO3/c1-2-4-11-7-9-14(10-8-11)12(15)5-3-6-13(16)17/h11H,2-10H2,1H3,(H,16,17). The number of carbonyl (C=O) groups is 2. The van der Waals surface area contributed by atoms with E-state index < -0.39 is 5.97 Å². The van der Waals surface area contributed by atoms with Crippen molar-refractivity contribution in [2.24, 2.45) is 5.92 Å². The largest absolute Gasteiger partial charge is 0.481 e. The minimum absolute atomic E-state index is 0.0953. The molecule has 1 N–H and O–H groups in total. The molecule has 0 aromatic rings. The van der Waals surface area contributed by atoms with Crippen molar-refractivity contribution in [2.75, 3.05) is 13.1 Å². The van der Waals surface area contributed by atoms with Crippen LogP contribution >= 0.6 is 0 Å². The number of amides is 1. The monoisotopic (exact) mass is 241 g/mol. The van der Waals surface area contributed by atoms with E-state index >= 15 is 0 Å². The molecule has 0 atom stereocenters. The molecular formula is C13H23NO3. The zero-order valence-electron chi connectivity index (χ0n) is 10.7. The third-order valence-electron chi connectivity index (χ3n) is 3.45. The molecule has 0 aliphatic carbocycles. The van der Waals surface area contributed by atoms with E-state index in [0.29, 0.717) is 12.8 Å². The number of nitrogens with zero attached hydrogens (tertiary/aromatic N) is 1. The SMILES string of the molecule is CCCC1CCN(C(=O)CCCC(=O)O)CC1. The van der Waals surface area contributed by atoms with Crippen LogP contribution < -0.4 is 0 Å². The Kier molecular flexibility index (Phi) is 6.01. The first-order valence-corrected chi connectivity index (χ1v) is 6.63. The van der Waals surface area contributed by atoms with Gasteiger partial charge < -0.3 is 10.0 Å². The molecule has 98 valence electrons. The van der Waals surface area contributed by atoms with Crippen LogP contribution in [0.4, 0.5) is 0 Å². The van der Waals surface area contributed by atoms with E-state index in [1.54, 1.807) is 0 Å². The molecule has 4 heteroatoms. The highest BCUT2D eigenvalue weighted by atomic mass is 16.4. The van der Waals surface area contributed by atoms with Crippen LogP contribution in [0.3, 0.4) is 0 Å². The summed E-state index contributed by atoms with van der Waals surface area (Å²) in [4.78, 5) is 24.0. The second-order valence-corrected chi connectivity index (χ2v) is 4.86. The molecule has 1 aliphatic heterocycles. The van der Waals surface area contributed by atoms with Crippen molar-refractivity contribution < 1.29 is 14.7 Å². The summed E-state index contributed by atoms with van der Waals surface area (Å²) in [5, 5.41) is 8.51. The van der Waals surface area contributed by atoms with Gasteiger partial charge in [0.15, 0.2) is 0 Å². The Labute approximate surface area is 103 Å². The maximum atomic E-state index is 11.8. The van der Waals surface area contributed by atoms with E-state index in [0.717, 1.165) is 31.8 Å². The predicted octanol–water partition coefficient (Wildman–Crippen LogP) is 2.28. The molecule has 4 nitrogen and oxygen atoms in total. The fourth-order valence-corrected chi connectivity index (χ4v) is 2.43. The summed E-state index contributed by atoms with van der Waals surface area (Å²) in [6.07, 6.45) is 5.64. The van der Waals surface area contributed by atoms with Gasteiger partial charge in [-0.15, -0.1) is 0 Å². The lowest BCUT2D eigenvalue weighted by atomic mass is 9.92. The Morgan fingerprint density at radius 2 is 1.88 bits per heavy atom. The summed E-state index contributed by atoms with van der Waals surface area (Å²) in [6.45, 7) is 3.91. The molecule has 1 heterocycles. The Bertz CT molecular complexity index is 257. The van der Waals surface area contributed by atoms with Crippen molar-refractivity contribution in [3.05, 3.63) is 0 Å². The van der Waals surface area contributed by atoms with Gasteiger partial charge in [-0.25, -0.2) is 0 Å². The zero-order chi connectivity index (χ0) is 12.7. The molecule has 1 amide bonds. The van der Waals surface area contributed by atoms with Crippen LogP contribution in [0, 0.1) is 5.92 Å². The van der Waals surface area contributed by atoms with Crippen molar-refractivity contribution in [3.63, 3.8) is 0 Å². The second-order valence-electron chi connectivity index (χ2n) is 4.86. The number of carbonyl (C=O) groups excluding carboxylic acids is 1. The number of carboxylic acid groups (broad SMARTS) is 1. The van der Waals surface area contributed by atoms with E-state index in [4.69, 9.17) is 5.11 Å². The van der Waals surface area contributed by atoms with Crippen molar-refractivity contribution in [1.82, 2.24) is 4.90 Å². The van der Waals surface area contributed by atoms with Gasteiger partial charge in [-0.1, -0.05) is 19.8 Å². The van der Waals surface area contributed by atoms with Crippen molar-refractivity contribution in [2.45, 2.75) is 51.9 Å². The number of rotatable bonds is 6. The summed E-state index contributed by atoms with van der Waals surface area (Å²) in [6, 6.07) is 0. The van der Waals surface area contributed by atoms with Crippen molar-refractivity contribution in [3.8, 4) is 0 Å². The predicted molar refractivity (Wildman–Crippen MR) is 65.7 cm³/mol. The van der Waals surface area contributed by atoms with Crippen LogP contribution in [0.2, 0.25) is 0 Å². The third kappa shape index (κ3) is 5.20. The fraction of sp³-hybridized carbons (Fsp3) is 0.846. The molecule has 0 saturated carbocycles. The van der Waals surface area contributed by atoms with Gasteiger partial charge in [0, 0.05) is 25.9 Å². The van der Waals surface area contributed by atoms with E-state index in [1.807, 2.05) is 4.90 Å². The normalized spacial score (nSPS) is 17.1. The van der Waals surface area contributed by atoms with E-state index in [1.165, 1.54) is 12.8 Å². The van der Waals surface area contributed by atoms with Gasteiger partial charge in [-0.05, 0) is 25.2 Å². The summed E-state index contributed by atoms with van der Waals surface area (Å²) >= 11 is 0. The van der Waals surface area contributed by atoms with Crippen LogP contribution in [0.15, 0.2) is 0 Å². The van der Waals surface area contributed by atoms with Crippen LogP contribution in [0.1, 0.15) is 51.9 Å². The van der Waals surface area contributed by atoms with Gasteiger partial charge in [0.1, 0.15) is 0 Å². The zero-order valence-corrected chi connectivity index (χ0v) is 10.7. The highest BCUT2D eigenvalue weighted by Gasteiger charge is 2.21. The first-order valence-electron chi connectivity index (χ1n) is 6.63. The number of carboxylic acids is 1. The maximum Gasteiger partial charge on any atom is 0.303 e. The van der Waals surface area contributed by atoms with E-state index in [2.05, 4.69) is 6.92 Å². The number of likely N-dealkylation sites (tertiary alicyclic amines) is 1. The fourth-order valence-electron chi connectivity index (χ4n) is 2.43. The molecule has 0 aromatic heterocycles. The lowest BCUT2D eigenvalue weighted by molar-refractivity contribution is -0.137. The maximum absolute atomic E-state index is 11.8. The highest BCUT2D eigenvalue weighted by Crippen LogP contribution is 2.22. The summed E-state index contributed by atoms with van der Waals surface area (Å²) < 4.78 is 0.